The van der Waals surface area contributed by atoms with Gasteiger partial charge in [-0.15, -0.1) is 11.3 Å². The molecular weight excluding hydrogens is 262 g/mol. The van der Waals surface area contributed by atoms with Crippen LogP contribution in [-0.4, -0.2) is 45.4 Å². The molecule has 5 nitrogen and oxygen atoms in total. The summed E-state index contributed by atoms with van der Waals surface area (Å²) in [5.41, 5.74) is 1.04. The topological polar surface area (TPSA) is 46.6 Å². The number of rotatable bonds is 10. The highest BCUT2D eigenvalue weighted by atomic mass is 32.1. The van der Waals surface area contributed by atoms with E-state index in [4.69, 9.17) is 14.5 Å². The van der Waals surface area contributed by atoms with Crippen LogP contribution in [0.5, 0.6) is 0 Å². The average molecular weight is 287 g/mol. The fraction of sp³-hybridized carbons (Fsp3) is 0.769. The van der Waals surface area contributed by atoms with Gasteiger partial charge in [-0.2, -0.15) is 0 Å². The molecule has 1 heterocycles. The number of nitrogens with zero attached hydrogens (tertiary/aromatic N) is 2. The molecule has 1 N–H and O–H groups in total. The van der Waals surface area contributed by atoms with Crippen LogP contribution in [0.4, 0.5) is 5.13 Å². The predicted octanol–water partition coefficient (Wildman–Crippen LogP) is 1.87. The minimum Gasteiger partial charge on any atom is -0.383 e. The summed E-state index contributed by atoms with van der Waals surface area (Å²) in [6.07, 6.45) is 0. The van der Waals surface area contributed by atoms with Gasteiger partial charge in [0.25, 0.3) is 0 Å². The van der Waals surface area contributed by atoms with E-state index in [0.717, 1.165) is 43.6 Å². The highest BCUT2D eigenvalue weighted by Gasteiger charge is 2.14. The highest BCUT2D eigenvalue weighted by Crippen LogP contribution is 2.26. The lowest BCUT2D eigenvalue weighted by Crippen LogP contribution is -2.26. The Balaban J connectivity index is 2.81. The van der Waals surface area contributed by atoms with Gasteiger partial charge in [0.2, 0.25) is 0 Å². The first-order valence-corrected chi connectivity index (χ1v) is 7.50. The number of anilines is 1. The largest absolute Gasteiger partial charge is 0.383 e. The molecule has 0 bridgehead atoms. The van der Waals surface area contributed by atoms with Gasteiger partial charge in [-0.25, -0.2) is 4.98 Å². The third kappa shape index (κ3) is 5.06. The van der Waals surface area contributed by atoms with Crippen LogP contribution in [0.1, 0.15) is 24.4 Å². The molecule has 0 atom stereocenters. The standard InChI is InChI=1S/C13H25N3O2S/c1-5-14-9-12-11(10-18-4)15-13(19-12)16(6-2)7-8-17-3/h14H,5-10H2,1-4H3. The molecule has 0 saturated heterocycles. The number of methoxy groups -OCH3 is 2. The van der Waals surface area contributed by atoms with Gasteiger partial charge in [-0.05, 0) is 13.5 Å². The van der Waals surface area contributed by atoms with Crippen LogP contribution < -0.4 is 10.2 Å². The van der Waals surface area contributed by atoms with E-state index in [1.54, 1.807) is 25.6 Å². The molecule has 0 spiro atoms. The van der Waals surface area contributed by atoms with Crippen LogP contribution in [0, 0.1) is 0 Å². The van der Waals surface area contributed by atoms with Gasteiger partial charge < -0.3 is 19.7 Å². The van der Waals surface area contributed by atoms with Crippen LogP contribution in [0.25, 0.3) is 0 Å². The predicted molar refractivity (Wildman–Crippen MR) is 80.0 cm³/mol. The summed E-state index contributed by atoms with van der Waals surface area (Å²) in [6.45, 7) is 9.15. The first-order valence-electron chi connectivity index (χ1n) is 6.68. The summed E-state index contributed by atoms with van der Waals surface area (Å²) >= 11 is 1.74. The Kier molecular flexibility index (Phi) is 7.97. The average Bonchev–Trinajstić information content (AvgIpc) is 2.81. The summed E-state index contributed by atoms with van der Waals surface area (Å²) in [4.78, 5) is 8.20. The number of hydrogen-bond acceptors (Lipinski definition) is 6. The molecule has 0 unspecified atom stereocenters. The molecule has 0 fully saturated rings. The van der Waals surface area contributed by atoms with E-state index in [1.165, 1.54) is 4.88 Å². The minimum absolute atomic E-state index is 0.569. The number of aromatic nitrogens is 1. The second-order valence-electron chi connectivity index (χ2n) is 4.15. The molecule has 110 valence electrons. The number of hydrogen-bond donors (Lipinski definition) is 1. The van der Waals surface area contributed by atoms with Crippen molar-refractivity contribution in [3.8, 4) is 0 Å². The molecule has 0 aliphatic carbocycles. The van der Waals surface area contributed by atoms with Gasteiger partial charge in [-0.3, -0.25) is 0 Å². The van der Waals surface area contributed by atoms with Crippen LogP contribution in [0.2, 0.25) is 0 Å². The van der Waals surface area contributed by atoms with Crippen molar-refractivity contribution in [2.75, 3.05) is 45.4 Å². The van der Waals surface area contributed by atoms with E-state index in [1.807, 2.05) is 0 Å². The Morgan fingerprint density at radius 1 is 1.26 bits per heavy atom. The first kappa shape index (κ1) is 16.4. The van der Waals surface area contributed by atoms with Gasteiger partial charge >= 0.3 is 0 Å². The van der Waals surface area contributed by atoms with Crippen LogP contribution in [0.3, 0.4) is 0 Å². The van der Waals surface area contributed by atoms with Gasteiger partial charge in [0.05, 0.1) is 18.9 Å². The van der Waals surface area contributed by atoms with Crippen molar-refractivity contribution in [3.63, 3.8) is 0 Å². The van der Waals surface area contributed by atoms with E-state index in [-0.39, 0.29) is 0 Å². The lowest BCUT2D eigenvalue weighted by Gasteiger charge is -2.18. The van der Waals surface area contributed by atoms with Crippen molar-refractivity contribution in [1.29, 1.82) is 0 Å². The Labute approximate surface area is 119 Å². The zero-order chi connectivity index (χ0) is 14.1. The molecule has 1 aromatic heterocycles. The van der Waals surface area contributed by atoms with E-state index in [9.17, 15) is 0 Å². The summed E-state index contributed by atoms with van der Waals surface area (Å²) in [5, 5.41) is 4.40. The highest BCUT2D eigenvalue weighted by molar-refractivity contribution is 7.15. The van der Waals surface area contributed by atoms with Gasteiger partial charge in [0, 0.05) is 38.7 Å². The van der Waals surface area contributed by atoms with Crippen LogP contribution in [0.15, 0.2) is 0 Å². The zero-order valence-corrected chi connectivity index (χ0v) is 13.2. The molecule has 0 aromatic carbocycles. The monoisotopic (exact) mass is 287 g/mol. The normalized spacial score (nSPS) is 10.9. The van der Waals surface area contributed by atoms with Crippen molar-refractivity contribution in [1.82, 2.24) is 10.3 Å². The third-order valence-electron chi connectivity index (χ3n) is 2.80. The van der Waals surface area contributed by atoms with E-state index >= 15 is 0 Å². The number of likely N-dealkylation sites (N-methyl/N-ethyl adjacent to an activating group) is 1. The maximum absolute atomic E-state index is 5.23. The molecule has 0 radical (unpaired) electrons. The summed E-state index contributed by atoms with van der Waals surface area (Å²) in [6, 6.07) is 0. The lowest BCUT2D eigenvalue weighted by atomic mass is 10.3. The minimum atomic E-state index is 0.569. The Hall–Kier alpha value is -0.690. The van der Waals surface area contributed by atoms with Gasteiger partial charge in [0.1, 0.15) is 0 Å². The fourth-order valence-corrected chi connectivity index (χ4v) is 2.84. The molecule has 6 heteroatoms. The Bertz CT molecular complexity index is 358. The zero-order valence-electron chi connectivity index (χ0n) is 12.4. The second-order valence-corrected chi connectivity index (χ2v) is 5.21. The fourth-order valence-electron chi connectivity index (χ4n) is 1.72. The van der Waals surface area contributed by atoms with E-state index in [0.29, 0.717) is 6.61 Å². The molecule has 0 aliphatic rings. The summed E-state index contributed by atoms with van der Waals surface area (Å²) < 4.78 is 10.4. The van der Waals surface area contributed by atoms with Crippen molar-refractivity contribution in [2.45, 2.75) is 27.0 Å². The van der Waals surface area contributed by atoms with Crippen molar-refractivity contribution >= 4 is 16.5 Å². The number of thiazole rings is 1. The number of ether oxygens (including phenoxy) is 2. The molecule has 0 saturated carbocycles. The molecule has 1 aromatic rings. The van der Waals surface area contributed by atoms with Gasteiger partial charge in [-0.1, -0.05) is 6.92 Å². The lowest BCUT2D eigenvalue weighted by molar-refractivity contribution is 0.181. The molecule has 0 aliphatic heterocycles. The maximum Gasteiger partial charge on any atom is 0.185 e. The van der Waals surface area contributed by atoms with Crippen molar-refractivity contribution in [2.24, 2.45) is 0 Å². The summed E-state index contributed by atoms with van der Waals surface area (Å²) in [7, 11) is 3.43. The first-order chi connectivity index (χ1) is 9.26. The van der Waals surface area contributed by atoms with Crippen molar-refractivity contribution < 1.29 is 9.47 Å². The van der Waals surface area contributed by atoms with Crippen LogP contribution >= 0.6 is 11.3 Å². The SMILES string of the molecule is CCNCc1sc(N(CC)CCOC)nc1COC. The second kappa shape index (κ2) is 9.25. The Morgan fingerprint density at radius 2 is 2.05 bits per heavy atom. The van der Waals surface area contributed by atoms with E-state index < -0.39 is 0 Å². The summed E-state index contributed by atoms with van der Waals surface area (Å²) in [5.74, 6) is 0. The molecule has 0 amide bonds. The van der Waals surface area contributed by atoms with E-state index in [2.05, 4.69) is 24.1 Å². The third-order valence-corrected chi connectivity index (χ3v) is 3.96. The quantitative estimate of drug-likeness (QED) is 0.712. The maximum atomic E-state index is 5.23. The van der Waals surface area contributed by atoms with Crippen LogP contribution in [-0.2, 0) is 22.6 Å². The molecular formula is C13H25N3O2S. The Morgan fingerprint density at radius 3 is 2.63 bits per heavy atom. The molecule has 19 heavy (non-hydrogen) atoms. The van der Waals surface area contributed by atoms with Crippen molar-refractivity contribution in [3.05, 3.63) is 10.6 Å². The smallest absolute Gasteiger partial charge is 0.185 e. The van der Waals surface area contributed by atoms with Gasteiger partial charge in [0.15, 0.2) is 5.13 Å². The molecule has 1 rings (SSSR count). The number of nitrogens with one attached hydrogen (secondary N) is 1.